The maximum Gasteiger partial charge on any atom is 0.234 e. The van der Waals surface area contributed by atoms with Gasteiger partial charge in [0.05, 0.1) is 27.9 Å². The average Bonchev–Trinajstić information content (AvgIpc) is 2.82. The van der Waals surface area contributed by atoms with Crippen molar-refractivity contribution in [1.82, 2.24) is 10.2 Å². The second-order valence-corrected chi connectivity index (χ2v) is 8.16. The first kappa shape index (κ1) is 23.7. The summed E-state index contributed by atoms with van der Waals surface area (Å²) in [5.41, 5.74) is 3.43. The van der Waals surface area contributed by atoms with E-state index in [0.717, 1.165) is 25.2 Å². The van der Waals surface area contributed by atoms with Crippen LogP contribution in [0.4, 0.5) is 5.69 Å². The SMILES string of the molecule is COc1cc(CNC(=O)CN(C)Cc2ccccc2N2CCCCC2)cc(OC)c1OC. The van der Waals surface area contributed by atoms with E-state index in [1.54, 1.807) is 21.3 Å². The molecule has 32 heavy (non-hydrogen) atoms. The number of piperidine rings is 1. The Bertz CT molecular complexity index is 872. The molecule has 1 saturated heterocycles. The summed E-state index contributed by atoms with van der Waals surface area (Å²) in [7, 11) is 6.71. The number of nitrogens with zero attached hydrogens (tertiary/aromatic N) is 2. The first-order valence-corrected chi connectivity index (χ1v) is 11.1. The van der Waals surface area contributed by atoms with Crippen LogP contribution in [0.3, 0.4) is 0 Å². The second-order valence-electron chi connectivity index (χ2n) is 8.16. The van der Waals surface area contributed by atoms with Crippen LogP contribution in [-0.2, 0) is 17.9 Å². The first-order chi connectivity index (χ1) is 15.5. The predicted octanol–water partition coefficient (Wildman–Crippen LogP) is 3.45. The van der Waals surface area contributed by atoms with E-state index in [2.05, 4.69) is 34.5 Å². The van der Waals surface area contributed by atoms with Gasteiger partial charge in [-0.25, -0.2) is 0 Å². The Morgan fingerprint density at radius 1 is 1.00 bits per heavy atom. The van der Waals surface area contributed by atoms with Gasteiger partial charge in [-0.15, -0.1) is 0 Å². The molecule has 1 heterocycles. The van der Waals surface area contributed by atoms with Crippen LogP contribution in [0, 0.1) is 0 Å². The molecule has 2 aromatic carbocycles. The number of rotatable bonds is 10. The number of amides is 1. The molecule has 0 spiro atoms. The molecule has 1 N–H and O–H groups in total. The highest BCUT2D eigenvalue weighted by molar-refractivity contribution is 5.78. The molecule has 2 aromatic rings. The van der Waals surface area contributed by atoms with E-state index in [1.807, 2.05) is 24.1 Å². The van der Waals surface area contributed by atoms with Gasteiger partial charge >= 0.3 is 0 Å². The van der Waals surface area contributed by atoms with Crippen molar-refractivity contribution in [3.05, 3.63) is 47.5 Å². The van der Waals surface area contributed by atoms with Gasteiger partial charge in [0.15, 0.2) is 11.5 Å². The standard InChI is InChI=1S/C25H35N3O4/c1-27(17-20-10-6-7-11-21(20)28-12-8-5-9-13-28)18-24(29)26-16-19-14-22(30-2)25(32-4)23(15-19)31-3/h6-7,10-11,14-15H,5,8-9,12-13,16-18H2,1-4H3,(H,26,29). The van der Waals surface area contributed by atoms with E-state index in [4.69, 9.17) is 14.2 Å². The zero-order chi connectivity index (χ0) is 22.9. The molecule has 0 unspecified atom stereocenters. The normalized spacial score (nSPS) is 13.7. The second kappa shape index (κ2) is 11.6. The van der Waals surface area contributed by atoms with E-state index in [0.29, 0.717) is 30.3 Å². The molecule has 174 valence electrons. The van der Waals surface area contributed by atoms with E-state index in [1.165, 1.54) is 30.5 Å². The molecule has 1 aliphatic heterocycles. The summed E-state index contributed by atoms with van der Waals surface area (Å²) >= 11 is 0. The lowest BCUT2D eigenvalue weighted by molar-refractivity contribution is -0.122. The summed E-state index contributed by atoms with van der Waals surface area (Å²) in [6, 6.07) is 12.2. The maximum absolute atomic E-state index is 12.6. The number of para-hydroxylation sites is 1. The van der Waals surface area contributed by atoms with E-state index in [9.17, 15) is 4.79 Å². The number of benzene rings is 2. The van der Waals surface area contributed by atoms with Gasteiger partial charge in [0.1, 0.15) is 0 Å². The number of ether oxygens (including phenoxy) is 3. The fourth-order valence-electron chi connectivity index (χ4n) is 4.17. The number of nitrogens with one attached hydrogen (secondary N) is 1. The zero-order valence-corrected chi connectivity index (χ0v) is 19.6. The van der Waals surface area contributed by atoms with Crippen molar-refractivity contribution >= 4 is 11.6 Å². The summed E-state index contributed by atoms with van der Waals surface area (Å²) in [6.07, 6.45) is 3.80. The van der Waals surface area contributed by atoms with Gasteiger partial charge in [0.2, 0.25) is 11.7 Å². The van der Waals surface area contributed by atoms with Crippen LogP contribution in [0.2, 0.25) is 0 Å². The molecule has 1 aliphatic rings. The van der Waals surface area contributed by atoms with Crippen molar-refractivity contribution in [2.45, 2.75) is 32.4 Å². The molecule has 3 rings (SSSR count). The van der Waals surface area contributed by atoms with Crippen molar-refractivity contribution in [2.75, 3.05) is 52.9 Å². The Morgan fingerprint density at radius 2 is 1.66 bits per heavy atom. The summed E-state index contributed by atoms with van der Waals surface area (Å²) in [5.74, 6) is 1.65. The van der Waals surface area contributed by atoms with Crippen LogP contribution in [0.25, 0.3) is 0 Å². The van der Waals surface area contributed by atoms with Crippen LogP contribution in [-0.4, -0.2) is 58.8 Å². The summed E-state index contributed by atoms with van der Waals surface area (Å²) in [6.45, 7) is 3.64. The molecule has 0 atom stereocenters. The molecule has 0 saturated carbocycles. The molecular weight excluding hydrogens is 406 g/mol. The molecule has 1 amide bonds. The smallest absolute Gasteiger partial charge is 0.234 e. The Morgan fingerprint density at radius 3 is 2.28 bits per heavy atom. The predicted molar refractivity (Wildman–Crippen MR) is 127 cm³/mol. The Balaban J connectivity index is 1.57. The van der Waals surface area contributed by atoms with Crippen LogP contribution in [0.5, 0.6) is 17.2 Å². The highest BCUT2D eigenvalue weighted by Crippen LogP contribution is 2.38. The van der Waals surface area contributed by atoms with E-state index in [-0.39, 0.29) is 5.91 Å². The molecular formula is C25H35N3O4. The highest BCUT2D eigenvalue weighted by atomic mass is 16.5. The minimum absolute atomic E-state index is 0.0308. The van der Waals surface area contributed by atoms with Crippen LogP contribution < -0.4 is 24.4 Å². The van der Waals surface area contributed by atoms with Gasteiger partial charge in [-0.3, -0.25) is 9.69 Å². The van der Waals surface area contributed by atoms with Crippen molar-refractivity contribution in [3.63, 3.8) is 0 Å². The van der Waals surface area contributed by atoms with Crippen LogP contribution >= 0.6 is 0 Å². The lowest BCUT2D eigenvalue weighted by atomic mass is 10.1. The topological polar surface area (TPSA) is 63.3 Å². The quantitative estimate of drug-likeness (QED) is 0.609. The number of likely N-dealkylation sites (N-methyl/N-ethyl adjacent to an activating group) is 1. The number of anilines is 1. The van der Waals surface area contributed by atoms with Gasteiger partial charge in [-0.05, 0) is 55.6 Å². The zero-order valence-electron chi connectivity index (χ0n) is 19.6. The van der Waals surface area contributed by atoms with Crippen molar-refractivity contribution < 1.29 is 19.0 Å². The van der Waals surface area contributed by atoms with Gasteiger partial charge in [-0.2, -0.15) is 0 Å². The van der Waals surface area contributed by atoms with Crippen LogP contribution in [0.1, 0.15) is 30.4 Å². The summed E-state index contributed by atoms with van der Waals surface area (Å²) < 4.78 is 16.1. The van der Waals surface area contributed by atoms with Gasteiger partial charge in [0.25, 0.3) is 0 Å². The summed E-state index contributed by atoms with van der Waals surface area (Å²) in [4.78, 5) is 17.1. The summed E-state index contributed by atoms with van der Waals surface area (Å²) in [5, 5.41) is 2.99. The molecule has 1 fully saturated rings. The largest absolute Gasteiger partial charge is 0.493 e. The third-order valence-electron chi connectivity index (χ3n) is 5.76. The van der Waals surface area contributed by atoms with E-state index < -0.39 is 0 Å². The van der Waals surface area contributed by atoms with Crippen molar-refractivity contribution in [2.24, 2.45) is 0 Å². The average molecular weight is 442 g/mol. The lowest BCUT2D eigenvalue weighted by Crippen LogP contribution is -2.35. The monoisotopic (exact) mass is 441 g/mol. The van der Waals surface area contributed by atoms with Gasteiger partial charge < -0.3 is 24.4 Å². The fourth-order valence-corrected chi connectivity index (χ4v) is 4.17. The molecule has 0 radical (unpaired) electrons. The van der Waals surface area contributed by atoms with Gasteiger partial charge in [0, 0.05) is 31.9 Å². The maximum atomic E-state index is 12.6. The molecule has 7 nitrogen and oxygen atoms in total. The first-order valence-electron chi connectivity index (χ1n) is 11.1. The lowest BCUT2D eigenvalue weighted by Gasteiger charge is -2.31. The minimum Gasteiger partial charge on any atom is -0.493 e. The van der Waals surface area contributed by atoms with Gasteiger partial charge in [-0.1, -0.05) is 18.2 Å². The molecule has 7 heteroatoms. The molecule has 0 bridgehead atoms. The number of carbonyl (C=O) groups is 1. The van der Waals surface area contributed by atoms with Crippen LogP contribution in [0.15, 0.2) is 36.4 Å². The van der Waals surface area contributed by atoms with Crippen molar-refractivity contribution in [1.29, 1.82) is 0 Å². The molecule has 0 aliphatic carbocycles. The third kappa shape index (κ3) is 6.07. The third-order valence-corrected chi connectivity index (χ3v) is 5.76. The number of carbonyl (C=O) groups excluding carboxylic acids is 1. The molecule has 0 aromatic heterocycles. The fraction of sp³-hybridized carbons (Fsp3) is 0.480. The Labute approximate surface area is 191 Å². The Kier molecular flexibility index (Phi) is 8.62. The number of hydrogen-bond donors (Lipinski definition) is 1. The highest BCUT2D eigenvalue weighted by Gasteiger charge is 2.17. The number of hydrogen-bond acceptors (Lipinski definition) is 6. The number of methoxy groups -OCH3 is 3. The Hall–Kier alpha value is -2.93. The van der Waals surface area contributed by atoms with E-state index >= 15 is 0 Å². The van der Waals surface area contributed by atoms with Crippen molar-refractivity contribution in [3.8, 4) is 17.2 Å². The minimum atomic E-state index is -0.0308.